The van der Waals surface area contributed by atoms with Gasteiger partial charge in [-0.05, 0) is 36.2 Å². The smallest absolute Gasteiger partial charge is 0.224 e. The first-order valence-corrected chi connectivity index (χ1v) is 8.62. The predicted octanol–water partition coefficient (Wildman–Crippen LogP) is 2.65. The number of rotatable bonds is 5. The van der Waals surface area contributed by atoms with E-state index in [0.29, 0.717) is 0 Å². The van der Waals surface area contributed by atoms with Crippen molar-refractivity contribution >= 4 is 11.6 Å². The Bertz CT molecular complexity index is 726. The summed E-state index contributed by atoms with van der Waals surface area (Å²) in [5.41, 5.74) is 3.05. The Morgan fingerprint density at radius 2 is 1.96 bits per heavy atom. The number of hydrogen-bond acceptors (Lipinski definition) is 4. The minimum absolute atomic E-state index is 0.0603. The Morgan fingerprint density at radius 1 is 1.20 bits per heavy atom. The first-order chi connectivity index (χ1) is 12.1. The van der Waals surface area contributed by atoms with Crippen LogP contribution in [-0.2, 0) is 16.0 Å². The molecule has 0 aromatic heterocycles. The molecule has 0 spiro atoms. The number of carbonyl (C=O) groups excluding carboxylic acids is 1. The van der Waals surface area contributed by atoms with E-state index in [-0.39, 0.29) is 24.1 Å². The van der Waals surface area contributed by atoms with Gasteiger partial charge >= 0.3 is 0 Å². The average molecular weight is 340 g/mol. The van der Waals surface area contributed by atoms with Crippen LogP contribution in [0.25, 0.3) is 0 Å². The van der Waals surface area contributed by atoms with Gasteiger partial charge in [0.05, 0.1) is 25.7 Å². The Morgan fingerprint density at radius 3 is 2.72 bits per heavy atom. The SMILES string of the molecule is C[C@@H](NC(=O)Cc1cccc(O)c1)c1ccccc1N1CCOCC1. The van der Waals surface area contributed by atoms with Crippen LogP contribution in [0.4, 0.5) is 5.69 Å². The van der Waals surface area contributed by atoms with Gasteiger partial charge in [0.1, 0.15) is 5.75 Å². The number of aromatic hydroxyl groups is 1. The first-order valence-electron chi connectivity index (χ1n) is 8.62. The van der Waals surface area contributed by atoms with Crippen LogP contribution in [-0.4, -0.2) is 37.3 Å². The number of nitrogens with zero attached hydrogens (tertiary/aromatic N) is 1. The number of carbonyl (C=O) groups is 1. The summed E-state index contributed by atoms with van der Waals surface area (Å²) in [6.45, 7) is 5.18. The van der Waals surface area contributed by atoms with Gasteiger partial charge in [-0.2, -0.15) is 0 Å². The van der Waals surface area contributed by atoms with E-state index in [1.54, 1.807) is 18.2 Å². The summed E-state index contributed by atoms with van der Waals surface area (Å²) in [5.74, 6) is 0.117. The maximum Gasteiger partial charge on any atom is 0.224 e. The Labute approximate surface area is 148 Å². The van der Waals surface area contributed by atoms with E-state index in [4.69, 9.17) is 4.74 Å². The largest absolute Gasteiger partial charge is 0.508 e. The van der Waals surface area contributed by atoms with E-state index in [0.717, 1.165) is 43.1 Å². The number of morpholine rings is 1. The molecule has 0 radical (unpaired) electrons. The molecule has 1 atom stereocenters. The van der Waals surface area contributed by atoms with Gasteiger partial charge in [-0.1, -0.05) is 30.3 Å². The van der Waals surface area contributed by atoms with Crippen molar-refractivity contribution in [1.29, 1.82) is 0 Å². The summed E-state index contributed by atoms with van der Waals surface area (Å²) >= 11 is 0. The second-order valence-corrected chi connectivity index (χ2v) is 6.29. The molecular formula is C20H24N2O3. The maximum absolute atomic E-state index is 12.4. The quantitative estimate of drug-likeness (QED) is 0.878. The third kappa shape index (κ3) is 4.51. The lowest BCUT2D eigenvalue weighted by Crippen LogP contribution is -2.37. The topological polar surface area (TPSA) is 61.8 Å². The molecule has 1 fully saturated rings. The van der Waals surface area contributed by atoms with Crippen molar-refractivity contribution in [2.24, 2.45) is 0 Å². The highest BCUT2D eigenvalue weighted by molar-refractivity contribution is 5.79. The third-order valence-corrected chi connectivity index (χ3v) is 4.41. The molecule has 0 saturated carbocycles. The van der Waals surface area contributed by atoms with Gasteiger partial charge in [-0.25, -0.2) is 0 Å². The van der Waals surface area contributed by atoms with Crippen LogP contribution < -0.4 is 10.2 Å². The van der Waals surface area contributed by atoms with Gasteiger partial charge in [0.15, 0.2) is 0 Å². The van der Waals surface area contributed by atoms with E-state index < -0.39 is 0 Å². The summed E-state index contributed by atoms with van der Waals surface area (Å²) in [6, 6.07) is 14.9. The van der Waals surface area contributed by atoms with Crippen LogP contribution in [0.2, 0.25) is 0 Å². The van der Waals surface area contributed by atoms with E-state index >= 15 is 0 Å². The van der Waals surface area contributed by atoms with Gasteiger partial charge in [-0.15, -0.1) is 0 Å². The number of ether oxygens (including phenoxy) is 1. The lowest BCUT2D eigenvalue weighted by Gasteiger charge is -2.32. The van der Waals surface area contributed by atoms with Crippen molar-refractivity contribution in [2.45, 2.75) is 19.4 Å². The standard InChI is InChI=1S/C20H24N2O3/c1-15(21-20(24)14-16-5-4-6-17(23)13-16)18-7-2-3-8-19(18)22-9-11-25-12-10-22/h2-8,13,15,23H,9-12,14H2,1H3,(H,21,24)/t15-/m1/s1. The highest BCUT2D eigenvalue weighted by atomic mass is 16.5. The van der Waals surface area contributed by atoms with Gasteiger partial charge in [0, 0.05) is 18.8 Å². The Balaban J connectivity index is 1.68. The number of para-hydroxylation sites is 1. The molecule has 1 aliphatic rings. The molecule has 1 heterocycles. The zero-order valence-corrected chi connectivity index (χ0v) is 14.4. The molecule has 2 aromatic rings. The average Bonchev–Trinajstić information content (AvgIpc) is 2.62. The van der Waals surface area contributed by atoms with Crippen LogP contribution in [0.15, 0.2) is 48.5 Å². The van der Waals surface area contributed by atoms with Crippen LogP contribution in [0.5, 0.6) is 5.75 Å². The lowest BCUT2D eigenvalue weighted by atomic mass is 10.0. The van der Waals surface area contributed by atoms with E-state index in [9.17, 15) is 9.90 Å². The minimum atomic E-state index is -0.0937. The molecule has 0 unspecified atom stereocenters. The zero-order valence-electron chi connectivity index (χ0n) is 14.4. The fourth-order valence-corrected chi connectivity index (χ4v) is 3.17. The highest BCUT2D eigenvalue weighted by Crippen LogP contribution is 2.27. The van der Waals surface area contributed by atoms with Crippen LogP contribution >= 0.6 is 0 Å². The van der Waals surface area contributed by atoms with Crippen LogP contribution in [0.1, 0.15) is 24.1 Å². The van der Waals surface area contributed by atoms with Crippen molar-refractivity contribution in [1.82, 2.24) is 5.32 Å². The van der Waals surface area contributed by atoms with E-state index in [1.807, 2.05) is 25.1 Å². The van der Waals surface area contributed by atoms with Crippen molar-refractivity contribution in [3.8, 4) is 5.75 Å². The molecule has 0 bridgehead atoms. The fraction of sp³-hybridized carbons (Fsp3) is 0.350. The Hall–Kier alpha value is -2.53. The monoisotopic (exact) mass is 340 g/mol. The van der Waals surface area contributed by atoms with Crippen molar-refractivity contribution in [3.05, 3.63) is 59.7 Å². The number of benzene rings is 2. The van der Waals surface area contributed by atoms with Crippen molar-refractivity contribution in [2.75, 3.05) is 31.2 Å². The summed E-state index contributed by atoms with van der Waals surface area (Å²) in [6.07, 6.45) is 0.248. The first kappa shape index (κ1) is 17.3. The maximum atomic E-state index is 12.4. The van der Waals surface area contributed by atoms with Crippen molar-refractivity contribution < 1.29 is 14.6 Å². The number of phenolic OH excluding ortho intramolecular Hbond substituents is 1. The van der Waals surface area contributed by atoms with Gasteiger partial charge in [0.2, 0.25) is 5.91 Å². The normalized spacial score (nSPS) is 15.6. The van der Waals surface area contributed by atoms with Crippen molar-refractivity contribution in [3.63, 3.8) is 0 Å². The van der Waals surface area contributed by atoms with Crippen LogP contribution in [0, 0.1) is 0 Å². The molecular weight excluding hydrogens is 316 g/mol. The van der Waals surface area contributed by atoms with Gasteiger partial charge < -0.3 is 20.1 Å². The molecule has 1 amide bonds. The van der Waals surface area contributed by atoms with Gasteiger partial charge in [0.25, 0.3) is 0 Å². The third-order valence-electron chi connectivity index (χ3n) is 4.41. The fourth-order valence-electron chi connectivity index (χ4n) is 3.17. The highest BCUT2D eigenvalue weighted by Gasteiger charge is 2.19. The summed E-state index contributed by atoms with van der Waals surface area (Å²) in [4.78, 5) is 14.7. The second-order valence-electron chi connectivity index (χ2n) is 6.29. The van der Waals surface area contributed by atoms with E-state index in [2.05, 4.69) is 22.3 Å². The van der Waals surface area contributed by atoms with E-state index in [1.165, 1.54) is 0 Å². The summed E-state index contributed by atoms with van der Waals surface area (Å²) in [5, 5.41) is 12.6. The van der Waals surface area contributed by atoms with Gasteiger partial charge in [-0.3, -0.25) is 4.79 Å². The molecule has 2 aromatic carbocycles. The minimum Gasteiger partial charge on any atom is -0.508 e. The number of anilines is 1. The number of phenols is 1. The number of nitrogens with one attached hydrogen (secondary N) is 1. The Kier molecular flexibility index (Phi) is 5.56. The molecule has 132 valence electrons. The molecule has 1 saturated heterocycles. The summed E-state index contributed by atoms with van der Waals surface area (Å²) < 4.78 is 5.43. The number of hydrogen-bond donors (Lipinski definition) is 2. The number of amides is 1. The molecule has 0 aliphatic carbocycles. The zero-order chi connectivity index (χ0) is 17.6. The predicted molar refractivity (Wildman–Crippen MR) is 97.8 cm³/mol. The molecule has 3 rings (SSSR count). The van der Waals surface area contributed by atoms with Crippen LogP contribution in [0.3, 0.4) is 0 Å². The molecule has 25 heavy (non-hydrogen) atoms. The molecule has 5 nitrogen and oxygen atoms in total. The second kappa shape index (κ2) is 8.03. The molecule has 2 N–H and O–H groups in total. The molecule has 1 aliphatic heterocycles. The lowest BCUT2D eigenvalue weighted by molar-refractivity contribution is -0.121. The summed E-state index contributed by atoms with van der Waals surface area (Å²) in [7, 11) is 0. The molecule has 5 heteroatoms.